The summed E-state index contributed by atoms with van der Waals surface area (Å²) in [6.07, 6.45) is 3.20. The molecule has 0 saturated carbocycles. The van der Waals surface area contributed by atoms with Crippen molar-refractivity contribution in [2.24, 2.45) is 4.99 Å². The van der Waals surface area contributed by atoms with E-state index in [9.17, 15) is 0 Å². The van der Waals surface area contributed by atoms with E-state index in [2.05, 4.69) is 37.8 Å². The Morgan fingerprint density at radius 3 is 2.55 bits per heavy atom. The SMILES string of the molecule is C[C@H]1CN=C(N2CCN(c3nccnc3C#N)CC2)S1. The molecule has 0 aromatic carbocycles. The van der Waals surface area contributed by atoms with E-state index in [0.29, 0.717) is 16.8 Å². The fourth-order valence-corrected chi connectivity index (χ4v) is 3.38. The standard InChI is InChI=1S/C13H16N6S/c1-10-9-17-13(20-10)19-6-4-18(5-7-19)12-11(8-14)15-2-3-16-12/h2-3,10H,4-7,9H2,1H3/t10-/m0/s1. The zero-order valence-corrected chi connectivity index (χ0v) is 12.2. The van der Waals surface area contributed by atoms with E-state index >= 15 is 0 Å². The Balaban J connectivity index is 1.66. The van der Waals surface area contributed by atoms with Gasteiger partial charge < -0.3 is 9.80 Å². The molecule has 1 atom stereocenters. The number of amidine groups is 1. The summed E-state index contributed by atoms with van der Waals surface area (Å²) < 4.78 is 0. The third-order valence-corrected chi connectivity index (χ3v) is 4.57. The zero-order chi connectivity index (χ0) is 13.9. The molecule has 0 amide bonds. The maximum Gasteiger partial charge on any atom is 0.183 e. The minimum absolute atomic E-state index is 0.405. The van der Waals surface area contributed by atoms with Crippen molar-refractivity contribution >= 4 is 22.7 Å². The molecule has 20 heavy (non-hydrogen) atoms. The lowest BCUT2D eigenvalue weighted by atomic mass is 10.3. The number of piperazine rings is 1. The minimum atomic E-state index is 0.405. The smallest absolute Gasteiger partial charge is 0.183 e. The van der Waals surface area contributed by atoms with Crippen molar-refractivity contribution in [2.75, 3.05) is 37.6 Å². The highest BCUT2D eigenvalue weighted by Crippen LogP contribution is 2.24. The molecule has 104 valence electrons. The lowest BCUT2D eigenvalue weighted by Crippen LogP contribution is -2.48. The van der Waals surface area contributed by atoms with Crippen LogP contribution in [0.5, 0.6) is 0 Å². The molecule has 0 unspecified atom stereocenters. The summed E-state index contributed by atoms with van der Waals surface area (Å²) in [4.78, 5) is 17.4. The average Bonchev–Trinajstić information content (AvgIpc) is 2.94. The normalized spacial score (nSPS) is 22.6. The molecule has 7 heteroatoms. The van der Waals surface area contributed by atoms with Gasteiger partial charge in [0.25, 0.3) is 0 Å². The molecule has 6 nitrogen and oxygen atoms in total. The van der Waals surface area contributed by atoms with E-state index < -0.39 is 0 Å². The fourth-order valence-electron chi connectivity index (χ4n) is 2.39. The molecule has 0 bridgehead atoms. The van der Waals surface area contributed by atoms with Gasteiger partial charge in [0, 0.05) is 43.8 Å². The first-order valence-corrected chi connectivity index (χ1v) is 7.58. The van der Waals surface area contributed by atoms with Crippen LogP contribution in [0.4, 0.5) is 5.82 Å². The number of nitrogens with zero attached hydrogens (tertiary/aromatic N) is 6. The number of hydrogen-bond acceptors (Lipinski definition) is 7. The Morgan fingerprint density at radius 1 is 1.20 bits per heavy atom. The van der Waals surface area contributed by atoms with Crippen LogP contribution >= 0.6 is 11.8 Å². The van der Waals surface area contributed by atoms with Crippen LogP contribution in [-0.4, -0.2) is 58.0 Å². The molecule has 2 aliphatic heterocycles. The largest absolute Gasteiger partial charge is 0.351 e. The Labute approximate surface area is 122 Å². The van der Waals surface area contributed by atoms with E-state index in [1.165, 1.54) is 0 Å². The first-order valence-electron chi connectivity index (χ1n) is 6.70. The second kappa shape index (κ2) is 5.67. The van der Waals surface area contributed by atoms with E-state index in [1.807, 2.05) is 11.8 Å². The Morgan fingerprint density at radius 2 is 1.90 bits per heavy atom. The van der Waals surface area contributed by atoms with Crippen molar-refractivity contribution in [1.29, 1.82) is 5.26 Å². The summed E-state index contributed by atoms with van der Waals surface area (Å²) in [5, 5.41) is 10.8. The molecule has 1 aromatic rings. The number of aliphatic imine (C=N–C) groups is 1. The quantitative estimate of drug-likeness (QED) is 0.767. The van der Waals surface area contributed by atoms with Gasteiger partial charge in [0.2, 0.25) is 0 Å². The van der Waals surface area contributed by atoms with Crippen molar-refractivity contribution in [3.63, 3.8) is 0 Å². The molecule has 0 N–H and O–H groups in total. The van der Waals surface area contributed by atoms with Gasteiger partial charge in [0.05, 0.1) is 6.54 Å². The van der Waals surface area contributed by atoms with Gasteiger partial charge in [0.1, 0.15) is 6.07 Å². The summed E-state index contributed by atoms with van der Waals surface area (Å²) in [5.74, 6) is 0.698. The molecule has 0 spiro atoms. The number of hydrogen-bond donors (Lipinski definition) is 0. The second-order valence-corrected chi connectivity index (χ2v) is 6.27. The summed E-state index contributed by atoms with van der Waals surface area (Å²) in [7, 11) is 0. The number of thioether (sulfide) groups is 1. The highest BCUT2D eigenvalue weighted by molar-refractivity contribution is 8.14. The summed E-state index contributed by atoms with van der Waals surface area (Å²) in [6.45, 7) is 6.65. The molecule has 1 aromatic heterocycles. The van der Waals surface area contributed by atoms with Crippen molar-refractivity contribution in [3.05, 3.63) is 18.1 Å². The van der Waals surface area contributed by atoms with Crippen LogP contribution in [0.15, 0.2) is 17.4 Å². The van der Waals surface area contributed by atoms with Gasteiger partial charge in [-0.15, -0.1) is 0 Å². The number of anilines is 1. The second-order valence-electron chi connectivity index (χ2n) is 4.87. The van der Waals surface area contributed by atoms with E-state index in [4.69, 9.17) is 5.26 Å². The van der Waals surface area contributed by atoms with Crippen LogP contribution in [0.1, 0.15) is 12.6 Å². The van der Waals surface area contributed by atoms with Gasteiger partial charge in [-0.25, -0.2) is 9.97 Å². The lowest BCUT2D eigenvalue weighted by molar-refractivity contribution is 0.390. The monoisotopic (exact) mass is 288 g/mol. The average molecular weight is 288 g/mol. The molecule has 0 radical (unpaired) electrons. The van der Waals surface area contributed by atoms with Crippen LogP contribution in [0.25, 0.3) is 0 Å². The number of rotatable bonds is 1. The van der Waals surface area contributed by atoms with Crippen molar-refractivity contribution < 1.29 is 0 Å². The van der Waals surface area contributed by atoms with Gasteiger partial charge in [0.15, 0.2) is 16.7 Å². The van der Waals surface area contributed by atoms with Crippen LogP contribution in [0.2, 0.25) is 0 Å². The first kappa shape index (κ1) is 13.2. The summed E-state index contributed by atoms with van der Waals surface area (Å²) in [6, 6.07) is 2.11. The molecular formula is C13H16N6S. The van der Waals surface area contributed by atoms with Crippen LogP contribution in [-0.2, 0) is 0 Å². The maximum atomic E-state index is 9.09. The van der Waals surface area contributed by atoms with Gasteiger partial charge in [-0.05, 0) is 0 Å². The molecule has 1 fully saturated rings. The Bertz CT molecular complexity index is 558. The van der Waals surface area contributed by atoms with Crippen LogP contribution in [0, 0.1) is 11.3 Å². The topological polar surface area (TPSA) is 68.4 Å². The lowest BCUT2D eigenvalue weighted by Gasteiger charge is -2.36. The van der Waals surface area contributed by atoms with Crippen molar-refractivity contribution in [2.45, 2.75) is 12.2 Å². The van der Waals surface area contributed by atoms with Gasteiger partial charge in [-0.2, -0.15) is 5.26 Å². The highest BCUT2D eigenvalue weighted by Gasteiger charge is 2.26. The Hall–Kier alpha value is -1.81. The molecular weight excluding hydrogens is 272 g/mol. The summed E-state index contributed by atoms with van der Waals surface area (Å²) >= 11 is 1.85. The molecule has 1 saturated heterocycles. The van der Waals surface area contributed by atoms with Gasteiger partial charge in [-0.1, -0.05) is 18.7 Å². The van der Waals surface area contributed by atoms with Crippen molar-refractivity contribution in [3.8, 4) is 6.07 Å². The molecule has 3 rings (SSSR count). The van der Waals surface area contributed by atoms with Crippen LogP contribution in [0.3, 0.4) is 0 Å². The van der Waals surface area contributed by atoms with Gasteiger partial charge >= 0.3 is 0 Å². The molecule has 3 heterocycles. The maximum absolute atomic E-state index is 9.09. The molecule has 0 aliphatic carbocycles. The predicted molar refractivity (Wildman–Crippen MR) is 79.9 cm³/mol. The van der Waals surface area contributed by atoms with E-state index in [1.54, 1.807) is 12.4 Å². The van der Waals surface area contributed by atoms with E-state index in [-0.39, 0.29) is 0 Å². The fraction of sp³-hybridized carbons (Fsp3) is 0.538. The van der Waals surface area contributed by atoms with Gasteiger partial charge in [-0.3, -0.25) is 4.99 Å². The zero-order valence-electron chi connectivity index (χ0n) is 11.4. The molecule has 2 aliphatic rings. The summed E-state index contributed by atoms with van der Waals surface area (Å²) in [5.41, 5.74) is 0.405. The highest BCUT2D eigenvalue weighted by atomic mass is 32.2. The van der Waals surface area contributed by atoms with E-state index in [0.717, 1.165) is 37.9 Å². The van der Waals surface area contributed by atoms with Crippen LogP contribution < -0.4 is 4.90 Å². The third kappa shape index (κ3) is 2.56. The minimum Gasteiger partial charge on any atom is -0.351 e. The predicted octanol–water partition coefficient (Wildman–Crippen LogP) is 0.962. The Kier molecular flexibility index (Phi) is 3.74. The third-order valence-electron chi connectivity index (χ3n) is 3.42. The number of aromatic nitrogens is 2. The number of nitriles is 1. The van der Waals surface area contributed by atoms with Crippen molar-refractivity contribution in [1.82, 2.24) is 14.9 Å². The first-order chi connectivity index (χ1) is 9.78.